The van der Waals surface area contributed by atoms with E-state index in [9.17, 15) is 9.59 Å². The lowest BCUT2D eigenvalue weighted by Crippen LogP contribution is -2.16. The maximum absolute atomic E-state index is 12.1. The summed E-state index contributed by atoms with van der Waals surface area (Å²) in [6.45, 7) is 0. The Morgan fingerprint density at radius 2 is 1.85 bits per heavy atom. The van der Waals surface area contributed by atoms with Gasteiger partial charge in [-0.3, -0.25) is 9.59 Å². The first kappa shape index (κ1) is 18.8. The van der Waals surface area contributed by atoms with Crippen LogP contribution in [0.4, 0.5) is 10.5 Å². The highest BCUT2D eigenvalue weighted by molar-refractivity contribution is 8.13. The molecule has 0 radical (unpaired) electrons. The predicted octanol–water partition coefficient (Wildman–Crippen LogP) is 4.80. The number of fused-ring (bicyclic) bond motifs is 1. The molecule has 0 unspecified atom stereocenters. The highest BCUT2D eigenvalue weighted by atomic mass is 32.2. The van der Waals surface area contributed by atoms with Gasteiger partial charge in [0, 0.05) is 24.7 Å². The molecule has 1 N–H and O–H groups in total. The van der Waals surface area contributed by atoms with Gasteiger partial charge in [0.1, 0.15) is 0 Å². The number of anilines is 1. The number of nitrogens with one attached hydrogen (secondary N) is 1. The van der Waals surface area contributed by atoms with Crippen molar-refractivity contribution in [3.8, 4) is 0 Å². The number of benzene rings is 2. The zero-order valence-electron chi connectivity index (χ0n) is 14.3. The molecule has 0 spiro atoms. The summed E-state index contributed by atoms with van der Waals surface area (Å²) in [5.41, 5.74) is 1.67. The lowest BCUT2D eigenvalue weighted by atomic mass is 10.3. The van der Waals surface area contributed by atoms with E-state index in [4.69, 9.17) is 0 Å². The molecule has 0 aliphatic rings. The lowest BCUT2D eigenvalue weighted by molar-refractivity contribution is -0.113. The molecule has 26 heavy (non-hydrogen) atoms. The zero-order valence-corrected chi connectivity index (χ0v) is 16.7. The van der Waals surface area contributed by atoms with Gasteiger partial charge in [-0.05, 0) is 48.2 Å². The highest BCUT2D eigenvalue weighted by Crippen LogP contribution is 2.29. The molecule has 3 aromatic rings. The van der Waals surface area contributed by atoms with E-state index in [1.807, 2.05) is 36.4 Å². The predicted molar refractivity (Wildman–Crippen MR) is 110 cm³/mol. The highest BCUT2D eigenvalue weighted by Gasteiger charge is 2.09. The summed E-state index contributed by atoms with van der Waals surface area (Å²) >= 11 is 4.17. The zero-order chi connectivity index (χ0) is 18.5. The lowest BCUT2D eigenvalue weighted by Gasteiger charge is -2.09. The number of carbonyl (C=O) groups excluding carboxylic acids is 2. The van der Waals surface area contributed by atoms with E-state index in [2.05, 4.69) is 10.3 Å². The molecule has 3 rings (SSSR count). The number of hydrogen-bond donors (Lipinski definition) is 1. The van der Waals surface area contributed by atoms with Crippen molar-refractivity contribution in [2.45, 2.75) is 9.24 Å². The monoisotopic (exact) mass is 403 g/mol. The third-order valence-electron chi connectivity index (χ3n) is 3.31. The van der Waals surface area contributed by atoms with Crippen LogP contribution in [0, 0.1) is 0 Å². The van der Waals surface area contributed by atoms with Crippen LogP contribution in [0.3, 0.4) is 0 Å². The molecule has 8 heteroatoms. The van der Waals surface area contributed by atoms with Crippen LogP contribution in [0.5, 0.6) is 0 Å². The Hall–Kier alpha value is -2.03. The molecule has 2 amide bonds. The smallest absolute Gasteiger partial charge is 0.285 e. The minimum absolute atomic E-state index is 0.0333. The van der Waals surface area contributed by atoms with Gasteiger partial charge in [-0.25, -0.2) is 4.98 Å². The van der Waals surface area contributed by atoms with Crippen molar-refractivity contribution in [1.82, 2.24) is 9.88 Å². The fourth-order valence-electron chi connectivity index (χ4n) is 2.04. The van der Waals surface area contributed by atoms with Crippen molar-refractivity contribution in [2.75, 3.05) is 25.2 Å². The second kappa shape index (κ2) is 8.57. The summed E-state index contributed by atoms with van der Waals surface area (Å²) in [7, 11) is 3.43. The fourth-order valence-corrected chi connectivity index (χ4v) is 4.56. The van der Waals surface area contributed by atoms with Gasteiger partial charge in [-0.2, -0.15) is 0 Å². The molecule has 0 fully saturated rings. The van der Waals surface area contributed by atoms with Crippen molar-refractivity contribution in [2.24, 2.45) is 0 Å². The van der Waals surface area contributed by atoms with Crippen LogP contribution in [0.25, 0.3) is 10.2 Å². The standard InChI is InChI=1S/C18H17N3O2S3/c1-21(2)18(23)25-13-9-7-12(8-10-13)19-16(22)11-24-17-20-14-5-3-4-6-15(14)26-17/h3-10H,11H2,1-2H3,(H,19,22). The van der Waals surface area contributed by atoms with E-state index in [-0.39, 0.29) is 11.1 Å². The molecule has 0 saturated carbocycles. The van der Waals surface area contributed by atoms with Crippen LogP contribution in [0.2, 0.25) is 0 Å². The molecule has 1 aromatic heterocycles. The average molecular weight is 404 g/mol. The first-order valence-electron chi connectivity index (χ1n) is 7.79. The van der Waals surface area contributed by atoms with Crippen LogP contribution in [0.1, 0.15) is 0 Å². The van der Waals surface area contributed by atoms with Gasteiger partial charge < -0.3 is 10.2 Å². The average Bonchev–Trinajstić information content (AvgIpc) is 3.04. The van der Waals surface area contributed by atoms with Gasteiger partial charge in [-0.1, -0.05) is 23.9 Å². The second-order valence-electron chi connectivity index (χ2n) is 5.57. The molecule has 2 aromatic carbocycles. The SMILES string of the molecule is CN(C)C(=O)Sc1ccc(NC(=O)CSc2nc3ccccc3s2)cc1. The van der Waals surface area contributed by atoms with Crippen LogP contribution >= 0.6 is 34.9 Å². The van der Waals surface area contributed by atoms with Gasteiger partial charge in [0.25, 0.3) is 5.24 Å². The Labute approximate surface area is 164 Å². The largest absolute Gasteiger partial charge is 0.339 e. The van der Waals surface area contributed by atoms with E-state index in [1.54, 1.807) is 37.6 Å². The summed E-state index contributed by atoms with van der Waals surface area (Å²) in [5, 5.41) is 2.83. The number of amides is 2. The van der Waals surface area contributed by atoms with Crippen molar-refractivity contribution in [3.63, 3.8) is 0 Å². The van der Waals surface area contributed by atoms with Crippen LogP contribution in [0.15, 0.2) is 57.8 Å². The first-order chi connectivity index (χ1) is 12.5. The number of hydrogen-bond acceptors (Lipinski definition) is 6. The van der Waals surface area contributed by atoms with Crippen molar-refractivity contribution >= 4 is 61.9 Å². The van der Waals surface area contributed by atoms with Crippen LogP contribution in [-0.4, -0.2) is 40.9 Å². The number of nitrogens with zero attached hydrogens (tertiary/aromatic N) is 2. The van der Waals surface area contributed by atoms with E-state index < -0.39 is 0 Å². The molecule has 0 atom stereocenters. The number of thioether (sulfide) groups is 2. The quantitative estimate of drug-likeness (QED) is 0.620. The Balaban J connectivity index is 1.52. The molecule has 0 saturated heterocycles. The Morgan fingerprint density at radius 1 is 1.12 bits per heavy atom. The van der Waals surface area contributed by atoms with E-state index in [0.717, 1.165) is 31.2 Å². The first-order valence-corrected chi connectivity index (χ1v) is 10.4. The number of carbonyl (C=O) groups is 2. The second-order valence-corrected chi connectivity index (χ2v) is 8.85. The van der Waals surface area contributed by atoms with Crippen molar-refractivity contribution in [1.29, 1.82) is 0 Å². The summed E-state index contributed by atoms with van der Waals surface area (Å²) in [4.78, 5) is 30.7. The third kappa shape index (κ3) is 5.00. The number of thiazole rings is 1. The molecular formula is C18H17N3O2S3. The van der Waals surface area contributed by atoms with Crippen molar-refractivity contribution in [3.05, 3.63) is 48.5 Å². The number of para-hydroxylation sites is 1. The van der Waals surface area contributed by atoms with E-state index >= 15 is 0 Å². The van der Waals surface area contributed by atoms with Gasteiger partial charge in [0.2, 0.25) is 5.91 Å². The third-order valence-corrected chi connectivity index (χ3v) is 6.54. The minimum atomic E-state index is -0.0842. The summed E-state index contributed by atoms with van der Waals surface area (Å²) in [6, 6.07) is 15.2. The molecule has 0 aliphatic heterocycles. The Kier molecular flexibility index (Phi) is 6.18. The fraction of sp³-hybridized carbons (Fsp3) is 0.167. The van der Waals surface area contributed by atoms with Crippen molar-refractivity contribution < 1.29 is 9.59 Å². The summed E-state index contributed by atoms with van der Waals surface area (Å²) < 4.78 is 2.01. The maximum Gasteiger partial charge on any atom is 0.285 e. The molecule has 0 aliphatic carbocycles. The normalized spacial score (nSPS) is 10.7. The Bertz CT molecular complexity index is 890. The molecule has 134 valence electrons. The van der Waals surface area contributed by atoms with Gasteiger partial charge in [0.15, 0.2) is 4.34 Å². The van der Waals surface area contributed by atoms with Gasteiger partial charge >= 0.3 is 0 Å². The Morgan fingerprint density at radius 3 is 2.54 bits per heavy atom. The summed E-state index contributed by atoms with van der Waals surface area (Å²) in [6.07, 6.45) is 0. The molecule has 0 bridgehead atoms. The maximum atomic E-state index is 12.1. The molecular weight excluding hydrogens is 386 g/mol. The van der Waals surface area contributed by atoms with Crippen LogP contribution in [-0.2, 0) is 4.79 Å². The number of rotatable bonds is 5. The summed E-state index contributed by atoms with van der Waals surface area (Å²) in [5.74, 6) is 0.217. The minimum Gasteiger partial charge on any atom is -0.339 e. The van der Waals surface area contributed by atoms with Crippen LogP contribution < -0.4 is 5.32 Å². The topological polar surface area (TPSA) is 62.3 Å². The van der Waals surface area contributed by atoms with Gasteiger partial charge in [-0.15, -0.1) is 11.3 Å². The molecule has 1 heterocycles. The van der Waals surface area contributed by atoms with E-state index in [0.29, 0.717) is 11.4 Å². The van der Waals surface area contributed by atoms with E-state index in [1.165, 1.54) is 16.7 Å². The van der Waals surface area contributed by atoms with Gasteiger partial charge in [0.05, 0.1) is 16.0 Å². The number of aromatic nitrogens is 1. The molecule has 5 nitrogen and oxygen atoms in total.